The molecular weight excluding hydrogens is 264 g/mol. The molecule has 0 saturated carbocycles. The summed E-state index contributed by atoms with van der Waals surface area (Å²) in [4.78, 5) is 25.0. The third kappa shape index (κ3) is 2.40. The Morgan fingerprint density at radius 1 is 1.10 bits per heavy atom. The summed E-state index contributed by atoms with van der Waals surface area (Å²) in [6, 6.07) is 9.90. The molecule has 1 amide bonds. The Morgan fingerprint density at radius 2 is 1.81 bits per heavy atom. The molecule has 4 heteroatoms. The van der Waals surface area contributed by atoms with Crippen molar-refractivity contribution in [2.45, 2.75) is 31.6 Å². The van der Waals surface area contributed by atoms with Crippen molar-refractivity contribution in [3.05, 3.63) is 47.2 Å². The molecule has 0 aromatic heterocycles. The van der Waals surface area contributed by atoms with Gasteiger partial charge in [0.1, 0.15) is 0 Å². The lowest BCUT2D eigenvalue weighted by molar-refractivity contribution is -0.143. The van der Waals surface area contributed by atoms with Crippen LogP contribution >= 0.6 is 0 Å². The summed E-state index contributed by atoms with van der Waals surface area (Å²) in [5.41, 5.74) is 2.81. The fourth-order valence-corrected chi connectivity index (χ4v) is 3.41. The minimum Gasteiger partial charge on any atom is -0.294 e. The van der Waals surface area contributed by atoms with Crippen LogP contribution in [0.2, 0.25) is 0 Å². The van der Waals surface area contributed by atoms with E-state index in [0.717, 1.165) is 29.7 Å². The van der Waals surface area contributed by atoms with Crippen molar-refractivity contribution in [2.75, 3.05) is 14.1 Å². The van der Waals surface area contributed by atoms with Gasteiger partial charge in [-0.3, -0.25) is 9.59 Å². The van der Waals surface area contributed by atoms with Crippen LogP contribution in [0.5, 0.6) is 0 Å². The van der Waals surface area contributed by atoms with Crippen molar-refractivity contribution in [1.82, 2.24) is 10.0 Å². The second-order valence-corrected chi connectivity index (χ2v) is 5.86. The van der Waals surface area contributed by atoms with Crippen LogP contribution in [0.4, 0.5) is 0 Å². The van der Waals surface area contributed by atoms with Gasteiger partial charge in [-0.15, -0.1) is 0 Å². The Kier molecular flexibility index (Phi) is 3.64. The maximum Gasteiger partial charge on any atom is 0.242 e. The molecule has 0 N–H and O–H groups in total. The molecule has 1 aromatic rings. The summed E-state index contributed by atoms with van der Waals surface area (Å²) in [6.07, 6.45) is 2.59. The smallest absolute Gasteiger partial charge is 0.242 e. The summed E-state index contributed by atoms with van der Waals surface area (Å²) >= 11 is 0. The molecule has 21 heavy (non-hydrogen) atoms. The van der Waals surface area contributed by atoms with Crippen LogP contribution in [0, 0.1) is 0 Å². The van der Waals surface area contributed by atoms with Crippen molar-refractivity contribution >= 4 is 11.7 Å². The highest BCUT2D eigenvalue weighted by molar-refractivity contribution is 6.01. The third-order valence-electron chi connectivity index (χ3n) is 4.25. The lowest BCUT2D eigenvalue weighted by atomic mass is 9.78. The zero-order valence-corrected chi connectivity index (χ0v) is 12.5. The van der Waals surface area contributed by atoms with Gasteiger partial charge in [-0.1, -0.05) is 30.3 Å². The van der Waals surface area contributed by atoms with E-state index in [1.165, 1.54) is 0 Å². The van der Waals surface area contributed by atoms with Gasteiger partial charge in [-0.2, -0.15) is 0 Å². The molecule has 1 heterocycles. The molecule has 1 unspecified atom stereocenters. The maximum atomic E-state index is 12.5. The normalized spacial score (nSPS) is 22.8. The summed E-state index contributed by atoms with van der Waals surface area (Å²) in [5.74, 6) is 0.185. The monoisotopic (exact) mass is 284 g/mol. The number of hydrogen-bond acceptors (Lipinski definition) is 3. The molecular formula is C17H20N2O2. The van der Waals surface area contributed by atoms with E-state index in [2.05, 4.69) is 0 Å². The van der Waals surface area contributed by atoms with E-state index >= 15 is 0 Å². The Hall–Kier alpha value is -1.94. The molecule has 0 saturated heterocycles. The number of rotatable bonds is 2. The summed E-state index contributed by atoms with van der Waals surface area (Å²) in [7, 11) is 3.70. The standard InChI is InChI=1S/C17H20N2O2/c1-18(2)19-14-9-6-10-15(20)17(14)13(11-16(19)21)12-7-4-3-5-8-12/h3-5,7-8,13H,6,9-11H2,1-2H3. The second kappa shape index (κ2) is 5.45. The number of benzene rings is 1. The molecule has 110 valence electrons. The van der Waals surface area contributed by atoms with Gasteiger partial charge in [0.05, 0.1) is 0 Å². The molecule has 3 rings (SSSR count). The SMILES string of the molecule is CN(C)N1C(=O)CC(c2ccccc2)C2=C1CCCC2=O. The fourth-order valence-electron chi connectivity index (χ4n) is 3.41. The molecule has 1 aromatic carbocycles. The lowest BCUT2D eigenvalue weighted by Gasteiger charge is -2.41. The van der Waals surface area contributed by atoms with Gasteiger partial charge >= 0.3 is 0 Å². The Morgan fingerprint density at radius 3 is 2.48 bits per heavy atom. The first-order valence-electron chi connectivity index (χ1n) is 7.41. The average Bonchev–Trinajstić information content (AvgIpc) is 2.47. The summed E-state index contributed by atoms with van der Waals surface area (Å²) < 4.78 is 0. The zero-order chi connectivity index (χ0) is 15.0. The van der Waals surface area contributed by atoms with Gasteiger partial charge in [0.15, 0.2) is 5.78 Å². The zero-order valence-electron chi connectivity index (χ0n) is 12.5. The van der Waals surface area contributed by atoms with Gasteiger partial charge in [-0.05, 0) is 18.4 Å². The fraction of sp³-hybridized carbons (Fsp3) is 0.412. The number of allylic oxidation sites excluding steroid dienone is 2. The van der Waals surface area contributed by atoms with Crippen molar-refractivity contribution in [3.8, 4) is 0 Å². The van der Waals surface area contributed by atoms with E-state index in [4.69, 9.17) is 0 Å². The first kappa shape index (κ1) is 14.0. The Bertz CT molecular complexity index is 604. The second-order valence-electron chi connectivity index (χ2n) is 5.86. The van der Waals surface area contributed by atoms with E-state index in [1.807, 2.05) is 44.4 Å². The molecule has 0 bridgehead atoms. The van der Waals surface area contributed by atoms with Crippen LogP contribution in [-0.2, 0) is 9.59 Å². The maximum absolute atomic E-state index is 12.5. The van der Waals surface area contributed by atoms with Crippen LogP contribution in [0.25, 0.3) is 0 Å². The van der Waals surface area contributed by atoms with Crippen molar-refractivity contribution in [2.24, 2.45) is 0 Å². The van der Waals surface area contributed by atoms with Crippen molar-refractivity contribution in [1.29, 1.82) is 0 Å². The minimum atomic E-state index is -0.0855. The van der Waals surface area contributed by atoms with Crippen LogP contribution in [-0.4, -0.2) is 35.8 Å². The Balaban J connectivity index is 2.12. The number of hydrogen-bond donors (Lipinski definition) is 0. The number of carbonyl (C=O) groups is 2. The third-order valence-corrected chi connectivity index (χ3v) is 4.25. The van der Waals surface area contributed by atoms with E-state index < -0.39 is 0 Å². The Labute approximate surface area is 125 Å². The molecule has 1 aliphatic carbocycles. The molecule has 0 spiro atoms. The number of carbonyl (C=O) groups excluding carboxylic acids is 2. The van der Waals surface area contributed by atoms with Crippen molar-refractivity contribution < 1.29 is 9.59 Å². The first-order chi connectivity index (χ1) is 10.1. The highest BCUT2D eigenvalue weighted by Crippen LogP contribution is 2.41. The molecule has 0 fully saturated rings. The van der Waals surface area contributed by atoms with E-state index in [-0.39, 0.29) is 17.6 Å². The molecule has 4 nitrogen and oxygen atoms in total. The quantitative estimate of drug-likeness (QED) is 0.837. The number of Topliss-reactive ketones (excluding diaryl/α,β-unsaturated/α-hetero) is 1. The minimum absolute atomic E-state index is 0.0716. The predicted molar refractivity (Wildman–Crippen MR) is 80.2 cm³/mol. The van der Waals surface area contributed by atoms with Gasteiger partial charge in [-0.25, -0.2) is 10.0 Å². The average molecular weight is 284 g/mol. The lowest BCUT2D eigenvalue weighted by Crippen LogP contribution is -2.47. The number of ketones is 1. The van der Waals surface area contributed by atoms with Gasteiger partial charge in [0.2, 0.25) is 5.91 Å². The first-order valence-corrected chi connectivity index (χ1v) is 7.41. The van der Waals surface area contributed by atoms with Crippen LogP contribution < -0.4 is 0 Å². The molecule has 2 aliphatic rings. The van der Waals surface area contributed by atoms with Gasteiger partial charge < -0.3 is 0 Å². The molecule has 1 atom stereocenters. The predicted octanol–water partition coefficient (Wildman–Crippen LogP) is 2.49. The van der Waals surface area contributed by atoms with E-state index in [9.17, 15) is 9.59 Å². The topological polar surface area (TPSA) is 40.6 Å². The van der Waals surface area contributed by atoms with Gasteiger partial charge in [0.25, 0.3) is 0 Å². The van der Waals surface area contributed by atoms with Crippen LogP contribution in [0.1, 0.15) is 37.2 Å². The van der Waals surface area contributed by atoms with E-state index in [1.54, 1.807) is 10.0 Å². The van der Waals surface area contributed by atoms with Gasteiger partial charge in [0, 0.05) is 44.1 Å². The van der Waals surface area contributed by atoms with E-state index in [0.29, 0.717) is 12.8 Å². The summed E-state index contributed by atoms with van der Waals surface area (Å²) in [6.45, 7) is 0. The number of nitrogens with zero attached hydrogens (tertiary/aromatic N) is 2. The largest absolute Gasteiger partial charge is 0.294 e. The van der Waals surface area contributed by atoms with Crippen molar-refractivity contribution in [3.63, 3.8) is 0 Å². The number of hydrazine groups is 1. The number of amides is 1. The van der Waals surface area contributed by atoms with Crippen LogP contribution in [0.15, 0.2) is 41.6 Å². The summed E-state index contributed by atoms with van der Waals surface area (Å²) in [5, 5.41) is 3.48. The highest BCUT2D eigenvalue weighted by atomic mass is 16.2. The molecule has 1 aliphatic heterocycles. The highest BCUT2D eigenvalue weighted by Gasteiger charge is 2.39. The van der Waals surface area contributed by atoms with Crippen LogP contribution in [0.3, 0.4) is 0 Å². The molecule has 0 radical (unpaired) electrons.